The summed E-state index contributed by atoms with van der Waals surface area (Å²) in [4.78, 5) is 27.9. The van der Waals surface area contributed by atoms with Gasteiger partial charge in [-0.2, -0.15) is 0 Å². The highest BCUT2D eigenvalue weighted by Crippen LogP contribution is 2.22. The second-order valence-electron chi connectivity index (χ2n) is 5.48. The summed E-state index contributed by atoms with van der Waals surface area (Å²) in [6.45, 7) is 2.57. The fourth-order valence-electron chi connectivity index (χ4n) is 2.67. The van der Waals surface area contributed by atoms with E-state index in [4.69, 9.17) is 0 Å². The van der Waals surface area contributed by atoms with Gasteiger partial charge in [0.1, 0.15) is 6.04 Å². The molecule has 0 bridgehead atoms. The monoisotopic (exact) mass is 294 g/mol. The fraction of sp³-hybridized carbons (Fsp3) is 0.222. The summed E-state index contributed by atoms with van der Waals surface area (Å²) in [7, 11) is 0. The maximum Gasteiger partial charge on any atom is 0.328 e. The molecule has 0 aromatic heterocycles. The SMILES string of the molecule is CC1C(=O)N(Cc2ccccc2)C(=O)N1Cc1ccccc1. The van der Waals surface area contributed by atoms with E-state index in [1.54, 1.807) is 11.8 Å². The minimum Gasteiger partial charge on any atom is -0.308 e. The number of urea groups is 1. The van der Waals surface area contributed by atoms with Gasteiger partial charge in [0.25, 0.3) is 5.91 Å². The van der Waals surface area contributed by atoms with Crippen LogP contribution in [0, 0.1) is 0 Å². The Labute approximate surface area is 130 Å². The smallest absolute Gasteiger partial charge is 0.308 e. The topological polar surface area (TPSA) is 40.6 Å². The molecule has 1 fully saturated rings. The molecule has 4 nitrogen and oxygen atoms in total. The highest BCUT2D eigenvalue weighted by Gasteiger charge is 2.42. The Morgan fingerprint density at radius 1 is 0.818 bits per heavy atom. The molecule has 0 radical (unpaired) electrons. The van der Waals surface area contributed by atoms with E-state index in [-0.39, 0.29) is 11.9 Å². The van der Waals surface area contributed by atoms with Gasteiger partial charge in [-0.1, -0.05) is 60.7 Å². The van der Waals surface area contributed by atoms with Crippen molar-refractivity contribution in [2.24, 2.45) is 0 Å². The van der Waals surface area contributed by atoms with Gasteiger partial charge in [-0.25, -0.2) is 4.79 Å². The summed E-state index contributed by atoms with van der Waals surface area (Å²) in [6.07, 6.45) is 0. The van der Waals surface area contributed by atoms with Crippen LogP contribution in [0.25, 0.3) is 0 Å². The van der Waals surface area contributed by atoms with Gasteiger partial charge < -0.3 is 4.90 Å². The lowest BCUT2D eigenvalue weighted by atomic mass is 10.2. The van der Waals surface area contributed by atoms with Crippen LogP contribution in [0.3, 0.4) is 0 Å². The lowest BCUT2D eigenvalue weighted by molar-refractivity contribution is -0.128. The predicted molar refractivity (Wildman–Crippen MR) is 83.8 cm³/mol. The van der Waals surface area contributed by atoms with Crippen molar-refractivity contribution in [3.63, 3.8) is 0 Å². The third kappa shape index (κ3) is 2.72. The van der Waals surface area contributed by atoms with E-state index < -0.39 is 6.04 Å². The van der Waals surface area contributed by atoms with Crippen molar-refractivity contribution in [1.82, 2.24) is 9.80 Å². The zero-order valence-corrected chi connectivity index (χ0v) is 12.5. The molecule has 1 unspecified atom stereocenters. The first kappa shape index (κ1) is 14.3. The van der Waals surface area contributed by atoms with Crippen molar-refractivity contribution >= 4 is 11.9 Å². The molecule has 4 heteroatoms. The van der Waals surface area contributed by atoms with Gasteiger partial charge in [0.15, 0.2) is 0 Å². The first-order valence-electron chi connectivity index (χ1n) is 7.36. The lowest BCUT2D eigenvalue weighted by Crippen LogP contribution is -2.33. The van der Waals surface area contributed by atoms with Crippen molar-refractivity contribution in [1.29, 1.82) is 0 Å². The van der Waals surface area contributed by atoms with E-state index in [9.17, 15) is 9.59 Å². The Morgan fingerprint density at radius 3 is 1.86 bits per heavy atom. The summed E-state index contributed by atoms with van der Waals surface area (Å²) in [5.74, 6) is -0.134. The molecule has 1 atom stereocenters. The van der Waals surface area contributed by atoms with Crippen LogP contribution < -0.4 is 0 Å². The summed E-state index contributed by atoms with van der Waals surface area (Å²) in [6, 6.07) is 18.7. The van der Waals surface area contributed by atoms with E-state index in [0.29, 0.717) is 13.1 Å². The third-order valence-electron chi connectivity index (χ3n) is 3.95. The number of benzene rings is 2. The Hall–Kier alpha value is -2.62. The Morgan fingerprint density at radius 2 is 1.32 bits per heavy atom. The number of nitrogens with zero attached hydrogens (tertiary/aromatic N) is 2. The Bertz CT molecular complexity index is 670. The van der Waals surface area contributed by atoms with Gasteiger partial charge >= 0.3 is 6.03 Å². The van der Waals surface area contributed by atoms with Crippen LogP contribution in [0.4, 0.5) is 4.79 Å². The summed E-state index contributed by atoms with van der Waals surface area (Å²) in [5, 5.41) is 0. The molecule has 3 amide bonds. The molecular formula is C18H18N2O2. The number of carbonyl (C=O) groups excluding carboxylic acids is 2. The normalized spacial score (nSPS) is 18.1. The highest BCUT2D eigenvalue weighted by molar-refractivity contribution is 6.03. The molecule has 22 heavy (non-hydrogen) atoms. The molecule has 1 heterocycles. The summed E-state index contributed by atoms with van der Waals surface area (Å²) in [5.41, 5.74) is 1.98. The van der Waals surface area contributed by atoms with Crippen LogP contribution in [-0.4, -0.2) is 27.8 Å². The first-order valence-corrected chi connectivity index (χ1v) is 7.36. The number of hydrogen-bond acceptors (Lipinski definition) is 2. The fourth-order valence-corrected chi connectivity index (χ4v) is 2.67. The number of imide groups is 1. The molecule has 1 aliphatic rings. The molecular weight excluding hydrogens is 276 g/mol. The van der Waals surface area contributed by atoms with Crippen LogP contribution in [0.2, 0.25) is 0 Å². The van der Waals surface area contributed by atoms with Gasteiger partial charge in [0, 0.05) is 6.54 Å². The summed E-state index contributed by atoms with van der Waals surface area (Å²) < 4.78 is 0. The molecule has 1 aliphatic heterocycles. The highest BCUT2D eigenvalue weighted by atomic mass is 16.2. The van der Waals surface area contributed by atoms with Gasteiger partial charge in [-0.05, 0) is 18.1 Å². The van der Waals surface area contributed by atoms with Crippen LogP contribution in [0.5, 0.6) is 0 Å². The van der Waals surface area contributed by atoms with Crippen molar-refractivity contribution in [2.75, 3.05) is 0 Å². The van der Waals surface area contributed by atoms with Crippen LogP contribution in [0.1, 0.15) is 18.1 Å². The van der Waals surface area contributed by atoms with Crippen LogP contribution in [0.15, 0.2) is 60.7 Å². The number of amides is 3. The van der Waals surface area contributed by atoms with Crippen molar-refractivity contribution < 1.29 is 9.59 Å². The van der Waals surface area contributed by atoms with Gasteiger partial charge in [0.2, 0.25) is 0 Å². The largest absolute Gasteiger partial charge is 0.328 e. The maximum absolute atomic E-state index is 12.6. The second-order valence-corrected chi connectivity index (χ2v) is 5.48. The minimum atomic E-state index is -0.420. The van der Waals surface area contributed by atoms with E-state index in [1.165, 1.54) is 4.90 Å². The van der Waals surface area contributed by atoms with Gasteiger partial charge in [0.05, 0.1) is 6.54 Å². The second kappa shape index (κ2) is 6.02. The minimum absolute atomic E-state index is 0.134. The number of rotatable bonds is 4. The molecule has 112 valence electrons. The van der Waals surface area contributed by atoms with Gasteiger partial charge in [-0.3, -0.25) is 9.69 Å². The molecule has 0 aliphatic carbocycles. The Kier molecular flexibility index (Phi) is 3.92. The standard InChI is InChI=1S/C18H18N2O2/c1-14-17(21)20(13-16-10-6-3-7-11-16)18(22)19(14)12-15-8-4-2-5-9-15/h2-11,14H,12-13H2,1H3. The molecule has 1 saturated heterocycles. The van der Waals surface area contributed by atoms with Crippen molar-refractivity contribution in [3.8, 4) is 0 Å². The zero-order chi connectivity index (χ0) is 15.5. The zero-order valence-electron chi connectivity index (χ0n) is 12.5. The number of carbonyl (C=O) groups is 2. The molecule has 0 spiro atoms. The third-order valence-corrected chi connectivity index (χ3v) is 3.95. The van der Waals surface area contributed by atoms with Crippen molar-refractivity contribution in [3.05, 3.63) is 71.8 Å². The van der Waals surface area contributed by atoms with E-state index >= 15 is 0 Å². The van der Waals surface area contributed by atoms with E-state index in [0.717, 1.165) is 11.1 Å². The van der Waals surface area contributed by atoms with Crippen molar-refractivity contribution in [2.45, 2.75) is 26.1 Å². The average molecular weight is 294 g/mol. The van der Waals surface area contributed by atoms with E-state index in [1.807, 2.05) is 60.7 Å². The maximum atomic E-state index is 12.6. The quantitative estimate of drug-likeness (QED) is 0.813. The average Bonchev–Trinajstić information content (AvgIpc) is 2.75. The lowest BCUT2D eigenvalue weighted by Gasteiger charge is -2.19. The van der Waals surface area contributed by atoms with Crippen LogP contribution >= 0.6 is 0 Å². The molecule has 3 rings (SSSR count). The predicted octanol–water partition coefficient (Wildman–Crippen LogP) is 3.04. The van der Waals surface area contributed by atoms with Gasteiger partial charge in [-0.15, -0.1) is 0 Å². The van der Waals surface area contributed by atoms with Crippen LogP contribution in [-0.2, 0) is 17.9 Å². The summed E-state index contributed by atoms with van der Waals surface area (Å²) >= 11 is 0. The first-order chi connectivity index (χ1) is 10.7. The molecule has 2 aromatic rings. The molecule has 0 N–H and O–H groups in total. The Balaban J connectivity index is 1.77. The molecule has 0 saturated carbocycles. The molecule has 2 aromatic carbocycles. The number of hydrogen-bond donors (Lipinski definition) is 0. The van der Waals surface area contributed by atoms with E-state index in [2.05, 4.69) is 0 Å².